The summed E-state index contributed by atoms with van der Waals surface area (Å²) in [5.41, 5.74) is 3.30. The van der Waals surface area contributed by atoms with E-state index in [0.29, 0.717) is 11.6 Å². The zero-order valence-corrected chi connectivity index (χ0v) is 11.7. The standard InChI is InChI=1S/C12H18N6O2/c1-6(2)9-10(14-5-15-11(9)17-13)16-7-4-8(19)18(3)12(7)20/h5-7H,4,13H2,1-3H3,(H2,14,15,16,17). The maximum absolute atomic E-state index is 11.9. The molecule has 0 aliphatic carbocycles. The minimum atomic E-state index is -0.592. The first kappa shape index (κ1) is 14.2. The number of nitrogens with one attached hydrogen (secondary N) is 2. The van der Waals surface area contributed by atoms with Crippen LogP contribution in [-0.4, -0.2) is 39.8 Å². The fraction of sp³-hybridized carbons (Fsp3) is 0.500. The van der Waals surface area contributed by atoms with Gasteiger partial charge in [-0.1, -0.05) is 13.8 Å². The Hall–Kier alpha value is -2.22. The van der Waals surface area contributed by atoms with Crippen LogP contribution in [0, 0.1) is 0 Å². The summed E-state index contributed by atoms with van der Waals surface area (Å²) < 4.78 is 0. The van der Waals surface area contributed by atoms with Crippen LogP contribution in [-0.2, 0) is 9.59 Å². The highest BCUT2D eigenvalue weighted by molar-refractivity contribution is 6.06. The van der Waals surface area contributed by atoms with Crippen LogP contribution in [0.4, 0.5) is 11.6 Å². The average Bonchev–Trinajstić information content (AvgIpc) is 2.65. The van der Waals surface area contributed by atoms with E-state index in [1.165, 1.54) is 13.4 Å². The Morgan fingerprint density at radius 1 is 1.35 bits per heavy atom. The predicted octanol–water partition coefficient (Wildman–Crippen LogP) is 0.0548. The van der Waals surface area contributed by atoms with Crippen molar-refractivity contribution in [3.05, 3.63) is 11.9 Å². The van der Waals surface area contributed by atoms with Gasteiger partial charge in [-0.15, -0.1) is 0 Å². The van der Waals surface area contributed by atoms with E-state index in [0.717, 1.165) is 10.5 Å². The van der Waals surface area contributed by atoms with Gasteiger partial charge in [0.15, 0.2) is 0 Å². The highest BCUT2D eigenvalue weighted by Crippen LogP contribution is 2.29. The molecule has 20 heavy (non-hydrogen) atoms. The fourth-order valence-electron chi connectivity index (χ4n) is 2.21. The summed E-state index contributed by atoms with van der Waals surface area (Å²) in [5, 5.41) is 3.02. The number of anilines is 2. The Morgan fingerprint density at radius 2 is 2.00 bits per heavy atom. The van der Waals surface area contributed by atoms with Gasteiger partial charge in [0.1, 0.15) is 24.0 Å². The topological polar surface area (TPSA) is 113 Å². The number of hydrogen-bond donors (Lipinski definition) is 3. The minimum Gasteiger partial charge on any atom is -0.358 e. The molecule has 0 aromatic carbocycles. The van der Waals surface area contributed by atoms with Crippen molar-refractivity contribution in [2.45, 2.75) is 32.2 Å². The zero-order chi connectivity index (χ0) is 14.9. The van der Waals surface area contributed by atoms with E-state index in [1.54, 1.807) is 0 Å². The molecule has 8 heteroatoms. The van der Waals surface area contributed by atoms with E-state index in [4.69, 9.17) is 5.84 Å². The molecular weight excluding hydrogens is 260 g/mol. The predicted molar refractivity (Wildman–Crippen MR) is 73.7 cm³/mol. The van der Waals surface area contributed by atoms with Crippen LogP contribution < -0.4 is 16.6 Å². The molecule has 1 saturated heterocycles. The molecule has 1 atom stereocenters. The third kappa shape index (κ3) is 2.42. The zero-order valence-electron chi connectivity index (χ0n) is 11.7. The highest BCUT2D eigenvalue weighted by Gasteiger charge is 2.36. The summed E-state index contributed by atoms with van der Waals surface area (Å²) in [7, 11) is 1.47. The summed E-state index contributed by atoms with van der Waals surface area (Å²) in [4.78, 5) is 32.8. The number of nitrogens with two attached hydrogens (primary N) is 1. The Labute approximate surface area is 116 Å². The number of amides is 2. The number of rotatable bonds is 4. The smallest absolute Gasteiger partial charge is 0.251 e. The molecule has 2 rings (SSSR count). The number of hydrazine groups is 1. The Bertz CT molecular complexity index is 545. The maximum Gasteiger partial charge on any atom is 0.251 e. The third-order valence-corrected chi connectivity index (χ3v) is 3.29. The van der Waals surface area contributed by atoms with Crippen LogP contribution in [0.15, 0.2) is 6.33 Å². The SMILES string of the molecule is CC(C)c1c(NN)ncnc1NC1CC(=O)N(C)C1=O. The van der Waals surface area contributed by atoms with Gasteiger partial charge >= 0.3 is 0 Å². The second kappa shape index (κ2) is 5.41. The quantitative estimate of drug-likeness (QED) is 0.405. The number of hydrogen-bond acceptors (Lipinski definition) is 7. The van der Waals surface area contributed by atoms with Crippen molar-refractivity contribution in [1.29, 1.82) is 0 Å². The van der Waals surface area contributed by atoms with Crippen molar-refractivity contribution < 1.29 is 9.59 Å². The number of nitrogen functional groups attached to an aromatic ring is 1. The van der Waals surface area contributed by atoms with Crippen molar-refractivity contribution in [2.24, 2.45) is 5.84 Å². The van der Waals surface area contributed by atoms with Gasteiger partial charge in [0, 0.05) is 12.6 Å². The van der Waals surface area contributed by atoms with Gasteiger partial charge in [-0.05, 0) is 5.92 Å². The molecule has 108 valence electrons. The third-order valence-electron chi connectivity index (χ3n) is 3.29. The molecule has 0 radical (unpaired) electrons. The van der Waals surface area contributed by atoms with Gasteiger partial charge in [-0.25, -0.2) is 15.8 Å². The van der Waals surface area contributed by atoms with E-state index in [-0.39, 0.29) is 24.2 Å². The molecule has 0 spiro atoms. The first-order valence-electron chi connectivity index (χ1n) is 6.34. The van der Waals surface area contributed by atoms with Crippen molar-refractivity contribution >= 4 is 23.5 Å². The lowest BCUT2D eigenvalue weighted by Crippen LogP contribution is -2.32. The Kier molecular flexibility index (Phi) is 3.84. The van der Waals surface area contributed by atoms with Crippen molar-refractivity contribution in [1.82, 2.24) is 14.9 Å². The fourth-order valence-corrected chi connectivity index (χ4v) is 2.21. The second-order valence-corrected chi connectivity index (χ2v) is 4.98. The van der Waals surface area contributed by atoms with E-state index in [2.05, 4.69) is 20.7 Å². The number of aromatic nitrogens is 2. The van der Waals surface area contributed by atoms with Gasteiger partial charge in [0.2, 0.25) is 5.91 Å². The number of carbonyl (C=O) groups excluding carboxylic acids is 2. The summed E-state index contributed by atoms with van der Waals surface area (Å²) in [6, 6.07) is -0.592. The molecular formula is C12H18N6O2. The molecule has 1 aliphatic heterocycles. The number of nitrogens with zero attached hydrogens (tertiary/aromatic N) is 3. The van der Waals surface area contributed by atoms with Crippen LogP contribution in [0.25, 0.3) is 0 Å². The van der Waals surface area contributed by atoms with Crippen LogP contribution >= 0.6 is 0 Å². The minimum absolute atomic E-state index is 0.106. The first-order chi connectivity index (χ1) is 9.45. The molecule has 0 saturated carbocycles. The molecule has 1 aliphatic rings. The van der Waals surface area contributed by atoms with Gasteiger partial charge in [-0.2, -0.15) is 0 Å². The summed E-state index contributed by atoms with van der Waals surface area (Å²) in [6.07, 6.45) is 1.48. The normalized spacial score (nSPS) is 18.9. The monoisotopic (exact) mass is 278 g/mol. The second-order valence-electron chi connectivity index (χ2n) is 4.98. The maximum atomic E-state index is 11.9. The highest BCUT2D eigenvalue weighted by atomic mass is 16.2. The lowest BCUT2D eigenvalue weighted by molar-refractivity contribution is -0.136. The Morgan fingerprint density at radius 3 is 2.50 bits per heavy atom. The van der Waals surface area contributed by atoms with Gasteiger partial charge in [0.25, 0.3) is 5.91 Å². The van der Waals surface area contributed by atoms with Crippen molar-refractivity contribution in [3.8, 4) is 0 Å². The van der Waals surface area contributed by atoms with Gasteiger partial charge < -0.3 is 10.7 Å². The van der Waals surface area contributed by atoms with Gasteiger partial charge in [0.05, 0.1) is 6.42 Å². The molecule has 1 unspecified atom stereocenters. The number of likely N-dealkylation sites (tertiary alicyclic amines) is 1. The lowest BCUT2D eigenvalue weighted by atomic mass is 10.0. The molecule has 1 aromatic heterocycles. The summed E-state index contributed by atoms with van der Waals surface area (Å²) in [5.74, 6) is 6.10. The number of likely N-dealkylation sites (N-methyl/N-ethyl adjacent to an activating group) is 1. The molecule has 4 N–H and O–H groups in total. The molecule has 2 amide bonds. The van der Waals surface area contributed by atoms with Crippen LogP contribution in [0.5, 0.6) is 0 Å². The molecule has 8 nitrogen and oxygen atoms in total. The molecule has 0 bridgehead atoms. The molecule has 2 heterocycles. The first-order valence-corrected chi connectivity index (χ1v) is 6.34. The van der Waals surface area contributed by atoms with E-state index in [1.807, 2.05) is 13.8 Å². The largest absolute Gasteiger partial charge is 0.358 e. The number of carbonyl (C=O) groups is 2. The average molecular weight is 278 g/mol. The van der Waals surface area contributed by atoms with E-state index < -0.39 is 6.04 Å². The molecule has 1 fully saturated rings. The number of imide groups is 1. The summed E-state index contributed by atoms with van der Waals surface area (Å²) >= 11 is 0. The van der Waals surface area contributed by atoms with Crippen molar-refractivity contribution in [3.63, 3.8) is 0 Å². The lowest BCUT2D eigenvalue weighted by Gasteiger charge is -2.18. The summed E-state index contributed by atoms with van der Waals surface area (Å²) in [6.45, 7) is 3.94. The Balaban J connectivity index is 2.30. The van der Waals surface area contributed by atoms with Crippen LogP contribution in [0.2, 0.25) is 0 Å². The van der Waals surface area contributed by atoms with Crippen LogP contribution in [0.1, 0.15) is 31.7 Å². The van der Waals surface area contributed by atoms with E-state index >= 15 is 0 Å². The van der Waals surface area contributed by atoms with Crippen molar-refractivity contribution in [2.75, 3.05) is 17.8 Å². The molecule has 1 aromatic rings. The van der Waals surface area contributed by atoms with Gasteiger partial charge in [-0.3, -0.25) is 14.5 Å². The van der Waals surface area contributed by atoms with E-state index in [9.17, 15) is 9.59 Å². The van der Waals surface area contributed by atoms with Crippen LogP contribution in [0.3, 0.4) is 0 Å².